The molecule has 21 heteroatoms. The van der Waals surface area contributed by atoms with Gasteiger partial charge in [0.15, 0.2) is 29.5 Å². The van der Waals surface area contributed by atoms with Gasteiger partial charge in [0.1, 0.15) is 0 Å². The number of urea groups is 1. The van der Waals surface area contributed by atoms with Gasteiger partial charge >= 0.3 is 17.6 Å². The van der Waals surface area contributed by atoms with E-state index in [4.69, 9.17) is 0 Å². The smallest absolute Gasteiger partial charge is 0.317 e. The van der Waals surface area contributed by atoms with Gasteiger partial charge in [-0.1, -0.05) is 0 Å². The fourth-order valence-corrected chi connectivity index (χ4v) is 1.25. The molecule has 0 saturated carbocycles. The summed E-state index contributed by atoms with van der Waals surface area (Å²) < 4.78 is 0. The second kappa shape index (κ2) is 7.49. The maximum Gasteiger partial charge on any atom is 0.717 e. The van der Waals surface area contributed by atoms with Crippen LogP contribution >= 0.6 is 0 Å². The Balaban J connectivity index is 5.32. The van der Waals surface area contributed by atoms with Gasteiger partial charge < -0.3 is 10.6 Å². The van der Waals surface area contributed by atoms with Crippen molar-refractivity contribution in [3.05, 3.63) is 60.7 Å². The van der Waals surface area contributed by atoms with Gasteiger partial charge in [0, 0.05) is 0 Å². The van der Waals surface area contributed by atoms with E-state index < -0.39 is 60.2 Å². The van der Waals surface area contributed by atoms with Crippen LogP contribution in [-0.4, -0.2) is 60.2 Å². The van der Waals surface area contributed by atoms with Gasteiger partial charge in [0.25, 0.3) is 0 Å². The predicted molar refractivity (Wildman–Crippen MR) is 68.8 cm³/mol. The molecule has 2 amide bonds. The lowest BCUT2D eigenvalue weighted by Crippen LogP contribution is -2.63. The normalized spacial score (nSPS) is 11.1. The highest BCUT2D eigenvalue weighted by molar-refractivity contribution is 5.73. The van der Waals surface area contributed by atoms with Crippen LogP contribution in [0.15, 0.2) is 0 Å². The highest BCUT2D eigenvalue weighted by atomic mass is 16.7. The van der Waals surface area contributed by atoms with E-state index in [0.717, 1.165) is 0 Å². The molecular weight excluding hydrogens is 380 g/mol. The van der Waals surface area contributed by atoms with Crippen molar-refractivity contribution in [1.82, 2.24) is 10.6 Å². The van der Waals surface area contributed by atoms with Crippen molar-refractivity contribution in [2.45, 2.75) is 11.6 Å². The maximum absolute atomic E-state index is 11.3. The number of hydrogen-bond acceptors (Lipinski definition) is 13. The third-order valence-corrected chi connectivity index (χ3v) is 2.73. The van der Waals surface area contributed by atoms with Gasteiger partial charge in [-0.25, -0.2) is 4.79 Å². The first-order valence-corrected chi connectivity index (χ1v) is 5.65. The molecule has 0 aliphatic heterocycles. The molecule has 0 bridgehead atoms. The van der Waals surface area contributed by atoms with Crippen LogP contribution < -0.4 is 10.6 Å². The van der Waals surface area contributed by atoms with E-state index in [1.807, 2.05) is 0 Å². The number of amides is 2. The molecule has 0 rings (SSSR count). The van der Waals surface area contributed by atoms with Crippen molar-refractivity contribution < 1.29 is 34.3 Å². The summed E-state index contributed by atoms with van der Waals surface area (Å²) in [5.74, 6) is -8.24. The molecule has 0 unspecified atom stereocenters. The van der Waals surface area contributed by atoms with Crippen molar-refractivity contribution in [3.63, 3.8) is 0 Å². The summed E-state index contributed by atoms with van der Waals surface area (Å²) in [6, 6.07) is -1.85. The van der Waals surface area contributed by atoms with E-state index in [2.05, 4.69) is 0 Å². The molecule has 0 aromatic heterocycles. The Morgan fingerprint density at radius 3 is 0.923 bits per heavy atom. The molecule has 0 aliphatic carbocycles. The summed E-state index contributed by atoms with van der Waals surface area (Å²) in [7, 11) is 0. The summed E-state index contributed by atoms with van der Waals surface area (Å²) in [6.45, 7) is -3.76. The first kappa shape index (κ1) is 21.7. The molecule has 144 valence electrons. The number of carbonyl (C=O) groups excluding carboxylic acids is 1. The Kier molecular flexibility index (Phi) is 6.25. The zero-order chi connectivity index (χ0) is 20.9. The summed E-state index contributed by atoms with van der Waals surface area (Å²) >= 11 is 0. The number of carbonyl (C=O) groups is 1. The van der Waals surface area contributed by atoms with Crippen LogP contribution in [0.5, 0.6) is 0 Å². The zero-order valence-corrected chi connectivity index (χ0v) is 11.9. The molecule has 0 fully saturated rings. The quantitative estimate of drug-likeness (QED) is 0.219. The fraction of sp³-hybridized carbons (Fsp3) is 0.800. The summed E-state index contributed by atoms with van der Waals surface area (Å²) in [5, 5.41) is 65.9. The molecule has 0 aromatic carbocycles. The second-order valence-electron chi connectivity index (χ2n) is 4.13. The summed E-state index contributed by atoms with van der Waals surface area (Å²) in [6.07, 6.45) is 0. The van der Waals surface area contributed by atoms with Crippen molar-refractivity contribution in [3.8, 4) is 0 Å². The standard InChI is InChI=1S/C5H6N8O13/c14-3(6-1-4(8(15)16,9(17)18)10(19)20)7-2-5(11(21)22,12(23)24)13(25)26/h1-2H2,(H2,6,7,14). The van der Waals surface area contributed by atoms with Crippen LogP contribution in [0.2, 0.25) is 0 Å². The maximum atomic E-state index is 11.3. The van der Waals surface area contributed by atoms with E-state index in [0.29, 0.717) is 0 Å². The van der Waals surface area contributed by atoms with E-state index in [1.54, 1.807) is 0 Å². The Hall–Kier alpha value is -4.33. The van der Waals surface area contributed by atoms with E-state index in [1.165, 1.54) is 10.6 Å². The third-order valence-electron chi connectivity index (χ3n) is 2.73. The highest BCUT2D eigenvalue weighted by Crippen LogP contribution is 2.12. The molecule has 0 aromatic rings. The Morgan fingerprint density at radius 1 is 0.577 bits per heavy atom. The lowest BCUT2D eigenvalue weighted by molar-refractivity contribution is -0.966. The lowest BCUT2D eigenvalue weighted by atomic mass is 10.3. The van der Waals surface area contributed by atoms with Gasteiger partial charge in [-0.05, 0) is 0 Å². The van der Waals surface area contributed by atoms with Crippen LogP contribution in [0.4, 0.5) is 4.79 Å². The Morgan fingerprint density at radius 2 is 0.769 bits per heavy atom. The zero-order valence-electron chi connectivity index (χ0n) is 11.9. The topological polar surface area (TPSA) is 300 Å². The summed E-state index contributed by atoms with van der Waals surface area (Å²) in [5.41, 5.74) is 0. The van der Waals surface area contributed by atoms with Crippen molar-refractivity contribution >= 4 is 6.03 Å². The minimum Gasteiger partial charge on any atom is -0.317 e. The molecule has 0 radical (unpaired) electrons. The monoisotopic (exact) mass is 386 g/mol. The largest absolute Gasteiger partial charge is 0.717 e. The van der Waals surface area contributed by atoms with E-state index in [9.17, 15) is 65.5 Å². The van der Waals surface area contributed by atoms with Crippen LogP contribution in [0, 0.1) is 60.7 Å². The van der Waals surface area contributed by atoms with Crippen LogP contribution in [-0.2, 0) is 0 Å². The molecule has 0 heterocycles. The first-order valence-electron chi connectivity index (χ1n) is 5.65. The number of hydrogen-bond donors (Lipinski definition) is 2. The van der Waals surface area contributed by atoms with Gasteiger partial charge in [0.05, 0.1) is 0 Å². The highest BCUT2D eigenvalue weighted by Gasteiger charge is 2.72. The fourth-order valence-electron chi connectivity index (χ4n) is 1.25. The van der Waals surface area contributed by atoms with Gasteiger partial charge in [0.2, 0.25) is 13.1 Å². The molecule has 21 nitrogen and oxygen atoms in total. The number of rotatable bonds is 10. The van der Waals surface area contributed by atoms with Crippen molar-refractivity contribution in [1.29, 1.82) is 0 Å². The number of nitro groups is 6. The molecule has 0 saturated heterocycles. The minimum absolute atomic E-state index is 1.21. The number of nitrogens with zero attached hydrogens (tertiary/aromatic N) is 6. The van der Waals surface area contributed by atoms with Crippen LogP contribution in [0.25, 0.3) is 0 Å². The minimum atomic E-state index is -4.12. The molecule has 2 N–H and O–H groups in total. The van der Waals surface area contributed by atoms with Gasteiger partial charge in [-0.3, -0.25) is 60.7 Å². The molecular formula is C5H6N8O13. The Labute approximate surface area is 137 Å². The number of nitrogens with one attached hydrogen (secondary N) is 2. The van der Waals surface area contributed by atoms with Crippen LogP contribution in [0.3, 0.4) is 0 Å². The predicted octanol–water partition coefficient (Wildman–Crippen LogP) is -2.75. The average Bonchev–Trinajstić information content (AvgIpc) is 2.45. The first-order chi connectivity index (χ1) is 11.8. The summed E-state index contributed by atoms with van der Waals surface area (Å²) in [4.78, 5) is 63.1. The SMILES string of the molecule is O=C(NCC([N+](=O)[O-])([N+](=O)[O-])[N+](=O)[O-])NCC([N+](=O)[O-])([N+](=O)[O-])[N+](=O)[O-]. The lowest BCUT2D eigenvalue weighted by Gasteiger charge is -2.12. The van der Waals surface area contributed by atoms with Gasteiger partial charge in [-0.15, -0.1) is 0 Å². The second-order valence-corrected chi connectivity index (χ2v) is 4.13. The molecule has 0 spiro atoms. The van der Waals surface area contributed by atoms with Crippen molar-refractivity contribution in [2.24, 2.45) is 0 Å². The van der Waals surface area contributed by atoms with Crippen LogP contribution in [0.1, 0.15) is 0 Å². The van der Waals surface area contributed by atoms with Crippen molar-refractivity contribution in [2.75, 3.05) is 13.1 Å². The van der Waals surface area contributed by atoms with E-state index in [-0.39, 0.29) is 0 Å². The van der Waals surface area contributed by atoms with Gasteiger partial charge in [-0.2, -0.15) is 0 Å². The molecule has 0 aliphatic rings. The van der Waals surface area contributed by atoms with E-state index >= 15 is 0 Å². The average molecular weight is 386 g/mol. The third kappa shape index (κ3) is 3.60. The Bertz CT molecular complexity index is 558. The molecule has 26 heavy (non-hydrogen) atoms. The molecule has 0 atom stereocenters.